The Morgan fingerprint density at radius 2 is 1.80 bits per heavy atom. The van der Waals surface area contributed by atoms with E-state index in [-0.39, 0.29) is 23.8 Å². The van der Waals surface area contributed by atoms with Crippen LogP contribution in [0.25, 0.3) is 0 Å². The maximum Gasteiger partial charge on any atom is 0.239 e. The van der Waals surface area contributed by atoms with Crippen LogP contribution < -0.4 is 0 Å². The van der Waals surface area contributed by atoms with Gasteiger partial charge in [0.15, 0.2) is 5.82 Å². The molecule has 0 radical (unpaired) electrons. The minimum Gasteiger partial charge on any atom is -0.341 e. The zero-order chi connectivity index (χ0) is 17.8. The van der Waals surface area contributed by atoms with Crippen LogP contribution in [0.5, 0.6) is 0 Å². The van der Waals surface area contributed by atoms with Gasteiger partial charge >= 0.3 is 0 Å². The van der Waals surface area contributed by atoms with E-state index in [1.54, 1.807) is 0 Å². The maximum atomic E-state index is 13.0. The van der Waals surface area contributed by atoms with Crippen LogP contribution in [0.4, 0.5) is 0 Å². The van der Waals surface area contributed by atoms with Gasteiger partial charge in [0.1, 0.15) is 0 Å². The Balaban J connectivity index is 1.62. The van der Waals surface area contributed by atoms with Gasteiger partial charge in [-0.1, -0.05) is 31.8 Å². The lowest BCUT2D eigenvalue weighted by atomic mass is 9.96. The van der Waals surface area contributed by atoms with Gasteiger partial charge in [-0.05, 0) is 45.7 Å². The fourth-order valence-corrected chi connectivity index (χ4v) is 3.94. The molecule has 0 aromatic carbocycles. The van der Waals surface area contributed by atoms with Gasteiger partial charge in [-0.25, -0.2) is 0 Å². The van der Waals surface area contributed by atoms with Crippen molar-refractivity contribution in [3.63, 3.8) is 0 Å². The molecule has 0 unspecified atom stereocenters. The summed E-state index contributed by atoms with van der Waals surface area (Å²) in [7, 11) is 0. The van der Waals surface area contributed by atoms with E-state index in [0.29, 0.717) is 12.4 Å². The third-order valence-electron chi connectivity index (χ3n) is 5.60. The number of aromatic nitrogens is 2. The average molecular weight is 348 g/mol. The summed E-state index contributed by atoms with van der Waals surface area (Å²) in [6.45, 7) is 9.84. The number of amides is 1. The molecule has 0 bridgehead atoms. The van der Waals surface area contributed by atoms with Crippen LogP contribution in [-0.2, 0) is 4.79 Å². The first-order valence-corrected chi connectivity index (χ1v) is 9.92. The van der Waals surface area contributed by atoms with Gasteiger partial charge in [-0.15, -0.1) is 0 Å². The Morgan fingerprint density at radius 1 is 1.08 bits per heavy atom. The Bertz CT molecular complexity index is 564. The Hall–Kier alpha value is -1.43. The Labute approximate surface area is 150 Å². The molecule has 0 N–H and O–H groups in total. The van der Waals surface area contributed by atoms with Crippen molar-refractivity contribution in [1.82, 2.24) is 19.9 Å². The monoisotopic (exact) mass is 348 g/mol. The van der Waals surface area contributed by atoms with Crippen molar-refractivity contribution in [1.29, 1.82) is 0 Å². The number of carbonyl (C=O) groups is 1. The molecule has 2 atom stereocenters. The summed E-state index contributed by atoms with van der Waals surface area (Å²) in [6.07, 6.45) is 7.04. The minimum absolute atomic E-state index is 0.0201. The summed E-state index contributed by atoms with van der Waals surface area (Å²) in [5.74, 6) is 2.16. The van der Waals surface area contributed by atoms with E-state index in [9.17, 15) is 4.79 Å². The van der Waals surface area contributed by atoms with Crippen LogP contribution in [0.2, 0.25) is 0 Å². The van der Waals surface area contributed by atoms with Gasteiger partial charge in [-0.2, -0.15) is 4.98 Å². The van der Waals surface area contributed by atoms with E-state index in [1.165, 1.54) is 25.7 Å². The molecule has 1 amide bonds. The van der Waals surface area contributed by atoms with Gasteiger partial charge in [0.2, 0.25) is 11.8 Å². The van der Waals surface area contributed by atoms with Crippen molar-refractivity contribution in [3.05, 3.63) is 11.7 Å². The number of rotatable bonds is 4. The maximum absolute atomic E-state index is 13.0. The number of hydrogen-bond acceptors (Lipinski definition) is 5. The van der Waals surface area contributed by atoms with Crippen LogP contribution in [0, 0.1) is 0 Å². The molecule has 0 saturated carbocycles. The second-order valence-corrected chi connectivity index (χ2v) is 7.90. The predicted octanol–water partition coefficient (Wildman–Crippen LogP) is 3.16. The molecular weight excluding hydrogens is 316 g/mol. The van der Waals surface area contributed by atoms with Crippen LogP contribution in [0.15, 0.2) is 4.52 Å². The van der Waals surface area contributed by atoms with Gasteiger partial charge < -0.3 is 9.42 Å². The first-order chi connectivity index (χ1) is 12.1. The van der Waals surface area contributed by atoms with E-state index in [0.717, 1.165) is 38.3 Å². The lowest BCUT2D eigenvalue weighted by molar-refractivity contribution is -0.137. The zero-order valence-corrected chi connectivity index (χ0v) is 15.9. The molecule has 3 rings (SSSR count). The molecule has 25 heavy (non-hydrogen) atoms. The molecule has 6 heteroatoms. The number of likely N-dealkylation sites (tertiary alicyclic amines) is 2. The van der Waals surface area contributed by atoms with Gasteiger partial charge in [0.05, 0.1) is 6.04 Å². The summed E-state index contributed by atoms with van der Waals surface area (Å²) in [4.78, 5) is 22.0. The summed E-state index contributed by atoms with van der Waals surface area (Å²) in [5.41, 5.74) is 0. The standard InChI is InChI=1S/C19H32N4O2/c1-14(2)18-20-17(21-25-18)16-9-8-12-23(13-16)19(24)15(3)22-10-6-4-5-7-11-22/h14-16H,4-13H2,1-3H3/t15-,16-/m0/s1. The number of nitrogens with zero attached hydrogens (tertiary/aromatic N) is 4. The van der Waals surface area contributed by atoms with Crippen molar-refractivity contribution in [3.8, 4) is 0 Å². The quantitative estimate of drug-likeness (QED) is 0.836. The number of carbonyl (C=O) groups excluding carboxylic acids is 1. The second kappa shape index (κ2) is 8.30. The average Bonchev–Trinajstić information content (AvgIpc) is 2.97. The highest BCUT2D eigenvalue weighted by atomic mass is 16.5. The summed E-state index contributed by atoms with van der Waals surface area (Å²) in [5, 5.41) is 4.17. The Morgan fingerprint density at radius 3 is 2.44 bits per heavy atom. The van der Waals surface area contributed by atoms with Crippen molar-refractivity contribution >= 4 is 5.91 Å². The van der Waals surface area contributed by atoms with E-state index < -0.39 is 0 Å². The number of hydrogen-bond donors (Lipinski definition) is 0. The molecule has 2 fully saturated rings. The highest BCUT2D eigenvalue weighted by molar-refractivity contribution is 5.81. The minimum atomic E-state index is -0.0201. The Kier molecular flexibility index (Phi) is 6.10. The fraction of sp³-hybridized carbons (Fsp3) is 0.842. The van der Waals surface area contributed by atoms with Gasteiger partial charge in [-0.3, -0.25) is 9.69 Å². The van der Waals surface area contributed by atoms with Crippen LogP contribution >= 0.6 is 0 Å². The van der Waals surface area contributed by atoms with Crippen LogP contribution in [0.1, 0.15) is 82.8 Å². The molecule has 6 nitrogen and oxygen atoms in total. The highest BCUT2D eigenvalue weighted by Crippen LogP contribution is 2.27. The predicted molar refractivity (Wildman–Crippen MR) is 96.4 cm³/mol. The molecule has 3 heterocycles. The fourth-order valence-electron chi connectivity index (χ4n) is 3.94. The molecule has 1 aromatic heterocycles. The first kappa shape index (κ1) is 18.4. The van der Waals surface area contributed by atoms with Crippen molar-refractivity contribution in [2.24, 2.45) is 0 Å². The van der Waals surface area contributed by atoms with E-state index in [4.69, 9.17) is 4.52 Å². The van der Waals surface area contributed by atoms with Gasteiger partial charge in [0.25, 0.3) is 0 Å². The van der Waals surface area contributed by atoms with Crippen molar-refractivity contribution in [2.75, 3.05) is 26.2 Å². The van der Waals surface area contributed by atoms with E-state index in [1.807, 2.05) is 4.90 Å². The summed E-state index contributed by atoms with van der Waals surface area (Å²) in [6, 6.07) is -0.0201. The normalized spacial score (nSPS) is 24.3. The summed E-state index contributed by atoms with van der Waals surface area (Å²) >= 11 is 0. The zero-order valence-electron chi connectivity index (χ0n) is 15.9. The molecule has 1 aromatic rings. The van der Waals surface area contributed by atoms with E-state index in [2.05, 4.69) is 35.8 Å². The molecule has 2 saturated heterocycles. The highest BCUT2D eigenvalue weighted by Gasteiger charge is 2.32. The lowest BCUT2D eigenvalue weighted by Gasteiger charge is -2.36. The smallest absolute Gasteiger partial charge is 0.239 e. The second-order valence-electron chi connectivity index (χ2n) is 7.90. The largest absolute Gasteiger partial charge is 0.341 e. The third kappa shape index (κ3) is 4.40. The van der Waals surface area contributed by atoms with Gasteiger partial charge in [0, 0.05) is 24.9 Å². The van der Waals surface area contributed by atoms with E-state index >= 15 is 0 Å². The number of piperidine rings is 1. The summed E-state index contributed by atoms with van der Waals surface area (Å²) < 4.78 is 5.36. The third-order valence-corrected chi connectivity index (χ3v) is 5.60. The molecule has 2 aliphatic rings. The van der Waals surface area contributed by atoms with Crippen molar-refractivity contribution < 1.29 is 9.32 Å². The molecule has 0 spiro atoms. The lowest BCUT2D eigenvalue weighted by Crippen LogP contribution is -2.50. The van der Waals surface area contributed by atoms with Crippen LogP contribution in [0.3, 0.4) is 0 Å². The molecule has 140 valence electrons. The van der Waals surface area contributed by atoms with Crippen LogP contribution in [-0.4, -0.2) is 58.1 Å². The van der Waals surface area contributed by atoms with Crippen molar-refractivity contribution in [2.45, 2.75) is 77.2 Å². The molecule has 2 aliphatic heterocycles. The molecule has 0 aliphatic carbocycles. The topological polar surface area (TPSA) is 62.5 Å². The molecular formula is C19H32N4O2. The SMILES string of the molecule is CC(C)c1nc([C@H]2CCCN(C(=O)[C@H](C)N3CCCCCC3)C2)no1. The first-order valence-electron chi connectivity index (χ1n) is 9.92.